The minimum absolute atomic E-state index is 0.00357. The molecule has 0 aliphatic heterocycles. The number of allylic oxidation sites excluding steroid dienone is 2. The number of phenols is 1. The summed E-state index contributed by atoms with van der Waals surface area (Å²) in [4.78, 5) is 48.4. The zero-order chi connectivity index (χ0) is 21.8. The first-order valence-corrected chi connectivity index (χ1v) is 8.79. The summed E-state index contributed by atoms with van der Waals surface area (Å²) in [5.74, 6) is -8.23. The summed E-state index contributed by atoms with van der Waals surface area (Å²) in [5.41, 5.74) is 1.31. The summed E-state index contributed by atoms with van der Waals surface area (Å²) in [6, 6.07) is 2.50. The molecule has 29 heavy (non-hydrogen) atoms. The molecule has 0 unspecified atom stereocenters. The molecule has 0 heterocycles. The molecule has 0 saturated heterocycles. The molecule has 2 aliphatic carbocycles. The Morgan fingerprint density at radius 3 is 2.38 bits per heavy atom. The van der Waals surface area contributed by atoms with Crippen LogP contribution in [0.5, 0.6) is 5.75 Å². The lowest BCUT2D eigenvalue weighted by molar-refractivity contribution is -0.124. The Kier molecular flexibility index (Phi) is 4.76. The van der Waals surface area contributed by atoms with Gasteiger partial charge in [0.15, 0.2) is 17.3 Å². The zero-order valence-corrected chi connectivity index (χ0v) is 15.8. The molecule has 0 saturated carbocycles. The maximum atomic E-state index is 12.6. The van der Waals surface area contributed by atoms with E-state index in [1.54, 1.807) is 0 Å². The largest absolute Gasteiger partial charge is 0.507 e. The molecule has 0 radical (unpaired) electrons. The number of aromatic hydroxyl groups is 1. The second kappa shape index (κ2) is 6.71. The number of benzene rings is 1. The quantitative estimate of drug-likeness (QED) is 0.356. The normalized spacial score (nSPS) is 24.8. The number of rotatable bonds is 3. The Bertz CT molecular complexity index is 1070. The highest BCUT2D eigenvalue weighted by molar-refractivity contribution is 6.33. The molecule has 9 nitrogen and oxygen atoms in total. The fourth-order valence-electron chi connectivity index (χ4n) is 3.73. The number of hydrogen-bond donors (Lipinski definition) is 5. The molecular weight excluding hydrogens is 406 g/mol. The Hall–Kier alpha value is -3.17. The topological polar surface area (TPSA) is 175 Å². The van der Waals surface area contributed by atoms with E-state index in [2.05, 4.69) is 0 Å². The summed E-state index contributed by atoms with van der Waals surface area (Å²) in [7, 11) is 0. The fourth-order valence-corrected chi connectivity index (χ4v) is 4.08. The number of amides is 1. The van der Waals surface area contributed by atoms with Crippen molar-refractivity contribution in [2.75, 3.05) is 0 Å². The number of aliphatic hydroxyl groups excluding tert-OH is 2. The monoisotopic (exact) mass is 421 g/mol. The molecule has 2 atom stereocenters. The van der Waals surface area contributed by atoms with Gasteiger partial charge in [-0.25, -0.2) is 0 Å². The first-order valence-electron chi connectivity index (χ1n) is 8.41. The molecule has 10 heteroatoms. The highest BCUT2D eigenvalue weighted by Gasteiger charge is 2.47. The van der Waals surface area contributed by atoms with Crippen LogP contribution in [0, 0.1) is 5.92 Å². The van der Waals surface area contributed by atoms with E-state index in [0.717, 1.165) is 0 Å². The third-order valence-corrected chi connectivity index (χ3v) is 5.61. The number of ketones is 3. The third kappa shape index (κ3) is 2.99. The summed E-state index contributed by atoms with van der Waals surface area (Å²) in [5, 5.41) is 41.1. The number of Topliss-reactive ketones (excluding diaryl/α,β-unsaturated/α-hetero) is 3. The van der Waals surface area contributed by atoms with E-state index < -0.39 is 63.9 Å². The lowest BCUT2D eigenvalue weighted by Gasteiger charge is -2.39. The fraction of sp³-hybridized carbons (Fsp3) is 0.263. The van der Waals surface area contributed by atoms with Gasteiger partial charge in [0.25, 0.3) is 5.91 Å². The number of halogens is 1. The molecule has 1 amide bonds. The maximum Gasteiger partial charge on any atom is 0.256 e. The Balaban J connectivity index is 2.07. The summed E-state index contributed by atoms with van der Waals surface area (Å²) >= 11 is 6.13. The summed E-state index contributed by atoms with van der Waals surface area (Å²) in [6.07, 6.45) is -0.837. The van der Waals surface area contributed by atoms with Crippen molar-refractivity contribution in [1.82, 2.24) is 0 Å². The van der Waals surface area contributed by atoms with Crippen molar-refractivity contribution in [3.05, 3.63) is 50.9 Å². The van der Waals surface area contributed by atoms with Crippen LogP contribution >= 0.6 is 11.6 Å². The molecule has 152 valence electrons. The van der Waals surface area contributed by atoms with Gasteiger partial charge in [-0.05, 0) is 25.5 Å². The molecule has 0 fully saturated rings. The Morgan fingerprint density at radius 2 is 1.79 bits per heavy atom. The van der Waals surface area contributed by atoms with Gasteiger partial charge in [-0.1, -0.05) is 11.6 Å². The SMILES string of the molecule is C[C@@]1(O)c2c(Cl)ccc(O)c2C(=O)C[C@@H]1CC1=C(O)C(=O)C(C(N)=O)=C(O)C1=O. The number of aliphatic hydroxyl groups is 3. The van der Waals surface area contributed by atoms with Gasteiger partial charge in [0.1, 0.15) is 11.3 Å². The minimum Gasteiger partial charge on any atom is -0.507 e. The Labute approximate surface area is 168 Å². The van der Waals surface area contributed by atoms with Gasteiger partial charge in [-0.15, -0.1) is 0 Å². The van der Waals surface area contributed by atoms with Crippen LogP contribution < -0.4 is 5.73 Å². The van der Waals surface area contributed by atoms with E-state index >= 15 is 0 Å². The van der Waals surface area contributed by atoms with E-state index in [0.29, 0.717) is 0 Å². The van der Waals surface area contributed by atoms with E-state index in [4.69, 9.17) is 17.3 Å². The average molecular weight is 422 g/mol. The van der Waals surface area contributed by atoms with Crippen LogP contribution in [0.25, 0.3) is 0 Å². The number of primary amides is 1. The first-order chi connectivity index (χ1) is 13.4. The van der Waals surface area contributed by atoms with Crippen molar-refractivity contribution in [2.45, 2.75) is 25.4 Å². The summed E-state index contributed by atoms with van der Waals surface area (Å²) < 4.78 is 0. The zero-order valence-electron chi connectivity index (χ0n) is 15.0. The second-order valence-electron chi connectivity index (χ2n) is 7.07. The van der Waals surface area contributed by atoms with Gasteiger partial charge in [0.05, 0.1) is 11.2 Å². The maximum absolute atomic E-state index is 12.6. The lowest BCUT2D eigenvalue weighted by Crippen LogP contribution is -2.41. The first kappa shape index (κ1) is 20.6. The molecule has 3 rings (SSSR count). The van der Waals surface area contributed by atoms with Crippen LogP contribution in [-0.2, 0) is 20.0 Å². The lowest BCUT2D eigenvalue weighted by atomic mass is 9.68. The van der Waals surface area contributed by atoms with Crippen LogP contribution in [-0.4, -0.2) is 43.7 Å². The van der Waals surface area contributed by atoms with E-state index in [1.165, 1.54) is 19.1 Å². The molecule has 6 N–H and O–H groups in total. The van der Waals surface area contributed by atoms with Gasteiger partial charge in [-0.3, -0.25) is 19.2 Å². The summed E-state index contributed by atoms with van der Waals surface area (Å²) in [6.45, 7) is 1.31. The number of fused-ring (bicyclic) bond motifs is 1. The number of carbonyl (C=O) groups excluding carboxylic acids is 4. The predicted molar refractivity (Wildman–Crippen MR) is 98.3 cm³/mol. The third-order valence-electron chi connectivity index (χ3n) is 5.30. The van der Waals surface area contributed by atoms with E-state index in [9.17, 15) is 39.6 Å². The van der Waals surface area contributed by atoms with E-state index in [1.807, 2.05) is 0 Å². The van der Waals surface area contributed by atoms with Gasteiger partial charge in [0.2, 0.25) is 11.6 Å². The van der Waals surface area contributed by atoms with Crippen molar-refractivity contribution >= 4 is 34.9 Å². The van der Waals surface area contributed by atoms with Crippen molar-refractivity contribution in [2.24, 2.45) is 11.7 Å². The van der Waals surface area contributed by atoms with Crippen LogP contribution in [0.3, 0.4) is 0 Å². The van der Waals surface area contributed by atoms with Gasteiger partial charge < -0.3 is 26.2 Å². The average Bonchev–Trinajstić information content (AvgIpc) is 2.62. The number of hydrogen-bond acceptors (Lipinski definition) is 8. The van der Waals surface area contributed by atoms with E-state index in [-0.39, 0.29) is 28.3 Å². The smallest absolute Gasteiger partial charge is 0.256 e. The highest BCUT2D eigenvalue weighted by Crippen LogP contribution is 2.48. The molecule has 2 aliphatic rings. The second-order valence-corrected chi connectivity index (χ2v) is 7.47. The van der Waals surface area contributed by atoms with Crippen LogP contribution in [0.2, 0.25) is 5.02 Å². The number of carbonyl (C=O) groups is 4. The minimum atomic E-state index is -1.83. The molecular formula is C19H16ClNO8. The molecule has 1 aromatic rings. The molecule has 0 bridgehead atoms. The van der Waals surface area contributed by atoms with Crippen LogP contribution in [0.15, 0.2) is 34.8 Å². The number of nitrogens with two attached hydrogens (primary N) is 1. The van der Waals surface area contributed by atoms with Crippen molar-refractivity contribution in [3.63, 3.8) is 0 Å². The Morgan fingerprint density at radius 1 is 1.17 bits per heavy atom. The van der Waals surface area contributed by atoms with Crippen LogP contribution in [0.1, 0.15) is 35.7 Å². The van der Waals surface area contributed by atoms with Crippen LogP contribution in [0.4, 0.5) is 0 Å². The predicted octanol–water partition coefficient (Wildman–Crippen LogP) is 1.11. The standard InChI is InChI=1S/C19H16ClNO8/c1-19(29)6(5-10(23)11-9(22)3-2-8(20)13(11)19)4-7-14(24)16(26)12(18(21)28)17(27)15(7)25/h2-3,6,22,24,27,29H,4-5H2,1H3,(H2,21,28)/t6-,19-/m0/s1. The van der Waals surface area contributed by atoms with Crippen molar-refractivity contribution in [1.29, 1.82) is 0 Å². The van der Waals surface area contributed by atoms with Gasteiger partial charge in [-0.2, -0.15) is 0 Å². The molecule has 1 aromatic carbocycles. The molecule has 0 spiro atoms. The number of phenolic OH excluding ortho intramolecular Hbond substituents is 1. The highest BCUT2D eigenvalue weighted by atomic mass is 35.5. The van der Waals surface area contributed by atoms with Gasteiger partial charge >= 0.3 is 0 Å². The van der Waals surface area contributed by atoms with Crippen molar-refractivity contribution in [3.8, 4) is 5.75 Å². The molecule has 0 aromatic heterocycles. The van der Waals surface area contributed by atoms with Gasteiger partial charge in [0, 0.05) is 28.5 Å². The van der Waals surface area contributed by atoms with Crippen molar-refractivity contribution < 1.29 is 39.6 Å².